The maximum atomic E-state index is 6.65. The van der Waals surface area contributed by atoms with E-state index < -0.39 is 0 Å². The first-order chi connectivity index (χ1) is 13.6. The zero-order valence-electron chi connectivity index (χ0n) is 16.6. The van der Waals surface area contributed by atoms with Crippen LogP contribution in [0, 0.1) is 6.92 Å². The number of hydrogen-bond acceptors (Lipinski definition) is 5. The van der Waals surface area contributed by atoms with E-state index in [1.165, 1.54) is 5.56 Å². The maximum absolute atomic E-state index is 6.65. The molecule has 0 aliphatic carbocycles. The van der Waals surface area contributed by atoms with E-state index in [0.29, 0.717) is 6.54 Å². The first-order valence-corrected chi connectivity index (χ1v) is 9.63. The van der Waals surface area contributed by atoms with Crippen LogP contribution >= 0.6 is 0 Å². The number of methoxy groups -OCH3 is 1. The first-order valence-electron chi connectivity index (χ1n) is 9.63. The summed E-state index contributed by atoms with van der Waals surface area (Å²) in [6.45, 7) is 5.78. The summed E-state index contributed by atoms with van der Waals surface area (Å²) in [4.78, 5) is 11.6. The Balaban J connectivity index is 1.75. The monoisotopic (exact) mass is 376 g/mol. The summed E-state index contributed by atoms with van der Waals surface area (Å²) < 4.78 is 7.40. The number of pyridine rings is 1. The van der Waals surface area contributed by atoms with Gasteiger partial charge in [-0.2, -0.15) is 0 Å². The number of anilines is 2. The topological polar surface area (TPSA) is 68.2 Å². The van der Waals surface area contributed by atoms with Crippen LogP contribution in [0.4, 0.5) is 11.6 Å². The lowest BCUT2D eigenvalue weighted by Gasteiger charge is -2.28. The van der Waals surface area contributed by atoms with Gasteiger partial charge in [0.05, 0.1) is 19.2 Å². The highest BCUT2D eigenvalue weighted by atomic mass is 16.5. The standard InChI is InChI=1S/C22H25N5O/c1-4-16-6-7-17(28-3)11-20(16)27-14-25-19-9-10-26(13-18(19)22(27)23)21-8-5-15(2)12-24-21/h5-8,11-12,14,23H,4,9-10,13H2,1-3H3/p+1. The van der Waals surface area contributed by atoms with Crippen molar-refractivity contribution in [1.82, 2.24) is 9.97 Å². The molecule has 3 heterocycles. The van der Waals surface area contributed by atoms with Crippen LogP contribution in [0.25, 0.3) is 5.69 Å². The summed E-state index contributed by atoms with van der Waals surface area (Å²) in [5.74, 6) is 2.51. The third-order valence-electron chi connectivity index (χ3n) is 5.37. The minimum atomic E-state index is 0.705. The molecule has 0 amide bonds. The number of nitrogens with zero attached hydrogens (tertiary/aromatic N) is 4. The summed E-state index contributed by atoms with van der Waals surface area (Å²) >= 11 is 0. The van der Waals surface area contributed by atoms with E-state index in [4.69, 9.17) is 15.5 Å². The van der Waals surface area contributed by atoms with Gasteiger partial charge in [0.25, 0.3) is 0 Å². The Labute approximate surface area is 165 Å². The van der Waals surface area contributed by atoms with Gasteiger partial charge < -0.3 is 15.4 Å². The van der Waals surface area contributed by atoms with Gasteiger partial charge in [0.2, 0.25) is 12.1 Å². The second-order valence-corrected chi connectivity index (χ2v) is 7.14. The highest BCUT2D eigenvalue weighted by Gasteiger charge is 2.27. The largest absolute Gasteiger partial charge is 0.497 e. The van der Waals surface area contributed by atoms with E-state index >= 15 is 0 Å². The van der Waals surface area contributed by atoms with Crippen molar-refractivity contribution in [3.63, 3.8) is 0 Å². The van der Waals surface area contributed by atoms with Crippen LogP contribution < -0.4 is 19.9 Å². The molecule has 4 rings (SSSR count). The number of nitrogens with two attached hydrogens (primary N) is 1. The van der Waals surface area contributed by atoms with Gasteiger partial charge in [-0.25, -0.2) is 9.55 Å². The summed E-state index contributed by atoms with van der Waals surface area (Å²) in [6.07, 6.45) is 5.50. The van der Waals surface area contributed by atoms with Crippen molar-refractivity contribution in [3.05, 3.63) is 65.2 Å². The van der Waals surface area contributed by atoms with Gasteiger partial charge in [0.1, 0.15) is 22.9 Å². The lowest BCUT2D eigenvalue weighted by Crippen LogP contribution is -2.41. The van der Waals surface area contributed by atoms with Crippen molar-refractivity contribution < 1.29 is 9.30 Å². The molecule has 6 heteroatoms. The third kappa shape index (κ3) is 3.26. The highest BCUT2D eigenvalue weighted by molar-refractivity contribution is 5.50. The zero-order valence-corrected chi connectivity index (χ0v) is 16.6. The highest BCUT2D eigenvalue weighted by Crippen LogP contribution is 2.26. The van der Waals surface area contributed by atoms with E-state index in [0.717, 1.165) is 59.3 Å². The number of aryl methyl sites for hydroxylation is 2. The normalized spacial score (nSPS) is 13.3. The molecule has 2 aromatic heterocycles. The molecule has 144 valence electrons. The second-order valence-electron chi connectivity index (χ2n) is 7.14. The molecular formula is C22H26N5O+. The lowest BCUT2D eigenvalue weighted by molar-refractivity contribution is -0.584. The van der Waals surface area contributed by atoms with E-state index in [2.05, 4.69) is 35.0 Å². The Hall–Kier alpha value is -3.15. The van der Waals surface area contributed by atoms with E-state index in [1.54, 1.807) is 7.11 Å². The number of hydrogen-bond donors (Lipinski definition) is 1. The Morgan fingerprint density at radius 1 is 1.21 bits per heavy atom. The van der Waals surface area contributed by atoms with Gasteiger partial charge in [0.15, 0.2) is 0 Å². The molecule has 2 N–H and O–H groups in total. The number of fused-ring (bicyclic) bond motifs is 1. The van der Waals surface area contributed by atoms with Gasteiger partial charge >= 0.3 is 0 Å². The smallest absolute Gasteiger partial charge is 0.232 e. The van der Waals surface area contributed by atoms with E-state index in [9.17, 15) is 0 Å². The molecule has 28 heavy (non-hydrogen) atoms. The van der Waals surface area contributed by atoms with Crippen LogP contribution in [0.5, 0.6) is 5.75 Å². The molecule has 6 nitrogen and oxygen atoms in total. The third-order valence-corrected chi connectivity index (χ3v) is 5.37. The quantitative estimate of drug-likeness (QED) is 0.709. The van der Waals surface area contributed by atoms with Crippen molar-refractivity contribution in [1.29, 1.82) is 0 Å². The second kappa shape index (κ2) is 7.46. The van der Waals surface area contributed by atoms with Gasteiger partial charge in [-0.05, 0) is 36.6 Å². The van der Waals surface area contributed by atoms with Gasteiger partial charge in [-0.15, -0.1) is 4.98 Å². The Bertz CT molecular complexity index is 1000. The maximum Gasteiger partial charge on any atom is 0.232 e. The van der Waals surface area contributed by atoms with Crippen LogP contribution in [0.1, 0.15) is 29.3 Å². The fraction of sp³-hybridized carbons (Fsp3) is 0.318. The Morgan fingerprint density at radius 3 is 2.79 bits per heavy atom. The van der Waals surface area contributed by atoms with Crippen LogP contribution in [-0.2, 0) is 19.4 Å². The van der Waals surface area contributed by atoms with Gasteiger partial charge in [-0.3, -0.25) is 0 Å². The molecule has 0 saturated heterocycles. The van der Waals surface area contributed by atoms with Crippen LogP contribution in [0.2, 0.25) is 0 Å². The van der Waals surface area contributed by atoms with Crippen LogP contribution in [0.15, 0.2) is 42.9 Å². The fourth-order valence-corrected chi connectivity index (χ4v) is 3.69. The molecule has 0 fully saturated rings. The number of nitrogen functional groups attached to an aromatic ring is 1. The van der Waals surface area contributed by atoms with Crippen molar-refractivity contribution in [3.8, 4) is 11.4 Å². The first kappa shape index (κ1) is 18.2. The summed E-state index contributed by atoms with van der Waals surface area (Å²) in [6, 6.07) is 10.2. The summed E-state index contributed by atoms with van der Waals surface area (Å²) in [5, 5.41) is 0. The SMILES string of the molecule is CCc1ccc(OC)cc1-[n+]1cnc2c(c1N)CN(c1ccc(C)cn1)CC2. The van der Waals surface area contributed by atoms with Crippen molar-refractivity contribution in [2.45, 2.75) is 33.2 Å². The molecule has 3 aromatic rings. The molecule has 0 bridgehead atoms. The zero-order chi connectivity index (χ0) is 19.7. The van der Waals surface area contributed by atoms with Crippen LogP contribution in [0.3, 0.4) is 0 Å². The minimum Gasteiger partial charge on any atom is -0.497 e. The molecule has 1 aliphatic heterocycles. The molecule has 0 radical (unpaired) electrons. The fourth-order valence-electron chi connectivity index (χ4n) is 3.69. The van der Waals surface area contributed by atoms with E-state index in [-0.39, 0.29) is 0 Å². The molecule has 0 spiro atoms. The van der Waals surface area contributed by atoms with Crippen molar-refractivity contribution >= 4 is 11.6 Å². The molecule has 0 saturated carbocycles. The predicted molar refractivity (Wildman–Crippen MR) is 110 cm³/mol. The molecule has 1 aromatic carbocycles. The Kier molecular flexibility index (Phi) is 4.86. The van der Waals surface area contributed by atoms with Crippen molar-refractivity contribution in [2.75, 3.05) is 24.3 Å². The molecular weight excluding hydrogens is 350 g/mol. The molecule has 0 unspecified atom stereocenters. The number of aromatic nitrogens is 3. The van der Waals surface area contributed by atoms with E-state index in [1.807, 2.05) is 36.1 Å². The summed E-state index contributed by atoms with van der Waals surface area (Å²) in [5.41, 5.74) is 12.2. The Morgan fingerprint density at radius 2 is 2.07 bits per heavy atom. The average Bonchev–Trinajstić information content (AvgIpc) is 2.74. The minimum absolute atomic E-state index is 0.705. The molecule has 0 atom stereocenters. The summed E-state index contributed by atoms with van der Waals surface area (Å²) in [7, 11) is 1.68. The number of benzene rings is 1. The van der Waals surface area contributed by atoms with Gasteiger partial charge in [0, 0.05) is 25.2 Å². The molecule has 1 aliphatic rings. The van der Waals surface area contributed by atoms with Crippen molar-refractivity contribution in [2.24, 2.45) is 0 Å². The average molecular weight is 376 g/mol. The van der Waals surface area contributed by atoms with Crippen LogP contribution in [-0.4, -0.2) is 23.6 Å². The lowest BCUT2D eigenvalue weighted by atomic mass is 10.0. The number of ether oxygens (including phenoxy) is 1. The predicted octanol–water partition coefficient (Wildman–Crippen LogP) is 2.78. The van der Waals surface area contributed by atoms with Gasteiger partial charge in [-0.1, -0.05) is 19.1 Å². The number of rotatable bonds is 4.